The lowest BCUT2D eigenvalue weighted by Crippen LogP contribution is -2.49. The number of hydrogen-bond acceptors (Lipinski definition) is 5. The zero-order valence-corrected chi connectivity index (χ0v) is 14.0. The summed E-state index contributed by atoms with van der Waals surface area (Å²) in [4.78, 5) is 25.2. The summed E-state index contributed by atoms with van der Waals surface area (Å²) in [5, 5.41) is 2.86. The van der Waals surface area contributed by atoms with Crippen LogP contribution in [0, 0.1) is 5.92 Å². The lowest BCUT2D eigenvalue weighted by molar-refractivity contribution is -0.125. The van der Waals surface area contributed by atoms with Gasteiger partial charge in [0, 0.05) is 26.1 Å². The van der Waals surface area contributed by atoms with Crippen molar-refractivity contribution < 1.29 is 9.59 Å². The zero-order valence-electron chi connectivity index (χ0n) is 14.0. The minimum Gasteiger partial charge on any atom is -0.368 e. The maximum absolute atomic E-state index is 11.7. The van der Waals surface area contributed by atoms with Gasteiger partial charge in [0.25, 0.3) is 0 Å². The number of nitrogens with two attached hydrogens (primary N) is 3. The third-order valence-corrected chi connectivity index (χ3v) is 3.52. The van der Waals surface area contributed by atoms with Gasteiger partial charge in [-0.1, -0.05) is 13.8 Å². The Morgan fingerprint density at radius 3 is 2.14 bits per heavy atom. The van der Waals surface area contributed by atoms with E-state index in [4.69, 9.17) is 17.2 Å². The van der Waals surface area contributed by atoms with E-state index in [-0.39, 0.29) is 23.8 Å². The van der Waals surface area contributed by atoms with Crippen LogP contribution in [-0.4, -0.2) is 55.5 Å². The lowest BCUT2D eigenvalue weighted by atomic mass is 10.0. The monoisotopic (exact) mass is 315 g/mol. The fraction of sp³-hybridized carbons (Fsp3) is 0.867. The van der Waals surface area contributed by atoms with Crippen LogP contribution in [0.5, 0.6) is 0 Å². The molecular formula is C15H33N5O2. The Balaban J connectivity index is 4.29. The summed E-state index contributed by atoms with van der Waals surface area (Å²) in [6.45, 7) is 7.11. The topological polar surface area (TPSA) is 127 Å². The number of carbonyl (C=O) groups excluding carboxylic acids is 2. The Kier molecular flexibility index (Phi) is 11.7. The van der Waals surface area contributed by atoms with E-state index < -0.39 is 0 Å². The first-order valence-electron chi connectivity index (χ1n) is 8.14. The summed E-state index contributed by atoms with van der Waals surface area (Å²) < 4.78 is 0. The molecule has 0 radical (unpaired) electrons. The SMILES string of the molecule is CC(C)[C@@H](C(N)=O)N(CCCN)CCCNC(=O)CCCN. The van der Waals surface area contributed by atoms with Crippen molar-refractivity contribution in [2.45, 2.75) is 45.6 Å². The largest absolute Gasteiger partial charge is 0.368 e. The van der Waals surface area contributed by atoms with Crippen molar-refractivity contribution in [3.63, 3.8) is 0 Å². The molecule has 7 heteroatoms. The van der Waals surface area contributed by atoms with E-state index in [1.165, 1.54) is 0 Å². The molecule has 0 aromatic carbocycles. The number of carbonyl (C=O) groups is 2. The maximum Gasteiger partial charge on any atom is 0.235 e. The summed E-state index contributed by atoms with van der Waals surface area (Å²) in [7, 11) is 0. The van der Waals surface area contributed by atoms with Crippen molar-refractivity contribution >= 4 is 11.8 Å². The van der Waals surface area contributed by atoms with Gasteiger partial charge in [-0.3, -0.25) is 14.5 Å². The number of nitrogens with zero attached hydrogens (tertiary/aromatic N) is 1. The molecule has 0 bridgehead atoms. The fourth-order valence-electron chi connectivity index (χ4n) is 2.48. The zero-order chi connectivity index (χ0) is 17.0. The second-order valence-corrected chi connectivity index (χ2v) is 5.87. The van der Waals surface area contributed by atoms with E-state index in [1.54, 1.807) is 0 Å². The van der Waals surface area contributed by atoms with Crippen LogP contribution in [0.1, 0.15) is 39.5 Å². The Morgan fingerprint density at radius 1 is 1.05 bits per heavy atom. The minimum absolute atomic E-state index is 0.0225. The van der Waals surface area contributed by atoms with Crippen LogP contribution in [-0.2, 0) is 9.59 Å². The third-order valence-electron chi connectivity index (χ3n) is 3.52. The van der Waals surface area contributed by atoms with Crippen LogP contribution >= 0.6 is 0 Å². The van der Waals surface area contributed by atoms with Gasteiger partial charge in [0.05, 0.1) is 6.04 Å². The van der Waals surface area contributed by atoms with Gasteiger partial charge < -0.3 is 22.5 Å². The maximum atomic E-state index is 11.7. The van der Waals surface area contributed by atoms with E-state index in [9.17, 15) is 9.59 Å². The Labute approximate surface area is 134 Å². The van der Waals surface area contributed by atoms with Gasteiger partial charge in [-0.05, 0) is 38.3 Å². The molecule has 0 unspecified atom stereocenters. The van der Waals surface area contributed by atoms with Crippen LogP contribution in [0.4, 0.5) is 0 Å². The second kappa shape index (κ2) is 12.4. The third kappa shape index (κ3) is 8.96. The molecule has 0 spiro atoms. The molecule has 0 aromatic heterocycles. The molecule has 0 aliphatic rings. The van der Waals surface area contributed by atoms with E-state index in [0.29, 0.717) is 39.0 Å². The molecule has 1 atom stereocenters. The van der Waals surface area contributed by atoms with E-state index in [0.717, 1.165) is 19.4 Å². The molecule has 22 heavy (non-hydrogen) atoms. The van der Waals surface area contributed by atoms with Crippen molar-refractivity contribution in [1.29, 1.82) is 0 Å². The highest BCUT2D eigenvalue weighted by atomic mass is 16.2. The highest BCUT2D eigenvalue weighted by Crippen LogP contribution is 2.11. The van der Waals surface area contributed by atoms with E-state index in [2.05, 4.69) is 10.2 Å². The van der Waals surface area contributed by atoms with Crippen molar-refractivity contribution in [2.24, 2.45) is 23.1 Å². The minimum atomic E-state index is -0.306. The smallest absolute Gasteiger partial charge is 0.235 e. The average molecular weight is 315 g/mol. The quantitative estimate of drug-likeness (QED) is 0.337. The van der Waals surface area contributed by atoms with Gasteiger partial charge in [0.15, 0.2) is 0 Å². The molecule has 0 saturated carbocycles. The molecule has 130 valence electrons. The van der Waals surface area contributed by atoms with Gasteiger partial charge in [0.1, 0.15) is 0 Å². The van der Waals surface area contributed by atoms with Crippen molar-refractivity contribution in [3.05, 3.63) is 0 Å². The molecule has 0 aromatic rings. The van der Waals surface area contributed by atoms with Gasteiger partial charge in [-0.25, -0.2) is 0 Å². The first kappa shape index (κ1) is 20.8. The number of rotatable bonds is 13. The first-order valence-corrected chi connectivity index (χ1v) is 8.14. The number of primary amides is 1. The molecule has 0 aliphatic heterocycles. The van der Waals surface area contributed by atoms with E-state index in [1.807, 2.05) is 13.8 Å². The first-order chi connectivity index (χ1) is 10.4. The Bertz CT molecular complexity index is 323. The summed E-state index contributed by atoms with van der Waals surface area (Å²) in [5.41, 5.74) is 16.5. The molecule has 0 heterocycles. The van der Waals surface area contributed by atoms with Gasteiger partial charge >= 0.3 is 0 Å². The summed E-state index contributed by atoms with van der Waals surface area (Å²) in [5.74, 6) is -0.136. The second-order valence-electron chi connectivity index (χ2n) is 5.87. The highest BCUT2D eigenvalue weighted by molar-refractivity contribution is 5.80. The standard InChI is InChI=1S/C15H33N5O2/c1-12(2)14(15(18)22)20(10-4-8-17)11-5-9-19-13(21)6-3-7-16/h12,14H,3-11,16-17H2,1-2H3,(H2,18,22)(H,19,21)/t14-/m0/s1. The molecule has 7 N–H and O–H groups in total. The van der Waals surface area contributed by atoms with Gasteiger partial charge in [0.2, 0.25) is 11.8 Å². The van der Waals surface area contributed by atoms with Crippen LogP contribution in [0.25, 0.3) is 0 Å². The van der Waals surface area contributed by atoms with Crippen LogP contribution < -0.4 is 22.5 Å². The summed E-state index contributed by atoms with van der Waals surface area (Å²) in [6.07, 6.45) is 2.75. The van der Waals surface area contributed by atoms with Crippen LogP contribution in [0.2, 0.25) is 0 Å². The number of amides is 2. The highest BCUT2D eigenvalue weighted by Gasteiger charge is 2.26. The van der Waals surface area contributed by atoms with E-state index >= 15 is 0 Å². The predicted molar refractivity (Wildman–Crippen MR) is 89.0 cm³/mol. The van der Waals surface area contributed by atoms with Gasteiger partial charge in [-0.15, -0.1) is 0 Å². The van der Waals surface area contributed by atoms with Gasteiger partial charge in [-0.2, -0.15) is 0 Å². The van der Waals surface area contributed by atoms with Crippen LogP contribution in [0.15, 0.2) is 0 Å². The molecule has 7 nitrogen and oxygen atoms in total. The fourth-order valence-corrected chi connectivity index (χ4v) is 2.48. The van der Waals surface area contributed by atoms with Crippen molar-refractivity contribution in [3.8, 4) is 0 Å². The van der Waals surface area contributed by atoms with Crippen molar-refractivity contribution in [2.75, 3.05) is 32.7 Å². The average Bonchev–Trinajstić information content (AvgIpc) is 2.45. The van der Waals surface area contributed by atoms with Crippen molar-refractivity contribution in [1.82, 2.24) is 10.2 Å². The lowest BCUT2D eigenvalue weighted by Gasteiger charge is -2.32. The molecule has 0 aliphatic carbocycles. The molecule has 0 rings (SSSR count). The summed E-state index contributed by atoms with van der Waals surface area (Å²) >= 11 is 0. The Hall–Kier alpha value is -1.18. The molecular weight excluding hydrogens is 282 g/mol. The molecule has 0 fully saturated rings. The number of nitrogens with one attached hydrogen (secondary N) is 1. The molecule has 2 amide bonds. The normalized spacial score (nSPS) is 12.6. The molecule has 0 saturated heterocycles. The summed E-state index contributed by atoms with van der Waals surface area (Å²) in [6, 6.07) is -0.292. The number of hydrogen-bond donors (Lipinski definition) is 4. The Morgan fingerprint density at radius 2 is 1.64 bits per heavy atom. The van der Waals surface area contributed by atoms with Crippen LogP contribution in [0.3, 0.4) is 0 Å². The predicted octanol–water partition coefficient (Wildman–Crippen LogP) is -0.608.